The third kappa shape index (κ3) is 6.35. The molecule has 2 atom stereocenters. The van der Waals surface area contributed by atoms with Crippen LogP contribution in [0.1, 0.15) is 52.9 Å². The van der Waals surface area contributed by atoms with Crippen LogP contribution in [-0.2, 0) is 17.1 Å². The van der Waals surface area contributed by atoms with Crippen molar-refractivity contribution >= 4 is 29.1 Å². The van der Waals surface area contributed by atoms with Gasteiger partial charge in [-0.25, -0.2) is 0 Å². The second-order valence-corrected chi connectivity index (χ2v) is 9.98. The van der Waals surface area contributed by atoms with E-state index in [0.29, 0.717) is 27.8 Å². The van der Waals surface area contributed by atoms with Gasteiger partial charge in [-0.3, -0.25) is 9.59 Å². The third-order valence-electron chi connectivity index (χ3n) is 6.66. The van der Waals surface area contributed by atoms with Crippen LogP contribution in [-0.4, -0.2) is 35.0 Å². The van der Waals surface area contributed by atoms with E-state index in [-0.39, 0.29) is 29.8 Å². The average molecular weight is 527 g/mol. The van der Waals surface area contributed by atoms with Crippen molar-refractivity contribution in [1.82, 2.24) is 4.90 Å². The lowest BCUT2D eigenvalue weighted by Gasteiger charge is -2.29. The van der Waals surface area contributed by atoms with Crippen molar-refractivity contribution in [3.8, 4) is 0 Å². The van der Waals surface area contributed by atoms with E-state index in [4.69, 9.17) is 11.6 Å². The first-order valence-corrected chi connectivity index (χ1v) is 12.5. The van der Waals surface area contributed by atoms with E-state index in [0.717, 1.165) is 25.3 Å². The quantitative estimate of drug-likeness (QED) is 0.348. The maximum Gasteiger partial charge on any atom is 0.298 e. The molecule has 0 aromatic heterocycles. The van der Waals surface area contributed by atoms with Gasteiger partial charge in [0.25, 0.3) is 11.8 Å². The largest absolute Gasteiger partial charge is 0.387 e. The van der Waals surface area contributed by atoms with E-state index in [9.17, 15) is 23.5 Å². The lowest BCUT2D eigenvalue weighted by atomic mass is 10.00. The lowest BCUT2D eigenvalue weighted by molar-refractivity contribution is -0.115. The summed E-state index contributed by atoms with van der Waals surface area (Å²) in [4.78, 5) is 27.4. The molecule has 0 heterocycles. The second-order valence-electron chi connectivity index (χ2n) is 9.55. The molecule has 194 valence electrons. The number of hydrogen-bond donors (Lipinski definition) is 2. The van der Waals surface area contributed by atoms with Crippen molar-refractivity contribution in [3.63, 3.8) is 0 Å². The van der Waals surface area contributed by atoms with Gasteiger partial charge in [-0.2, -0.15) is 8.78 Å². The van der Waals surface area contributed by atoms with E-state index < -0.39 is 12.0 Å². The minimum absolute atomic E-state index is 0.00584. The van der Waals surface area contributed by atoms with Crippen LogP contribution < -0.4 is 5.32 Å². The van der Waals surface area contributed by atoms with Crippen molar-refractivity contribution in [2.24, 2.45) is 5.92 Å². The average Bonchev–Trinajstić information content (AvgIpc) is 3.70. The van der Waals surface area contributed by atoms with Crippen LogP contribution in [0.2, 0.25) is 5.02 Å². The number of benzene rings is 3. The molecule has 0 spiro atoms. The molecule has 0 aliphatic heterocycles. The molecule has 1 aliphatic rings. The van der Waals surface area contributed by atoms with E-state index in [1.54, 1.807) is 36.2 Å². The summed E-state index contributed by atoms with van der Waals surface area (Å²) in [5, 5.41) is 12.7. The Morgan fingerprint density at radius 1 is 1.03 bits per heavy atom. The lowest BCUT2D eigenvalue weighted by Crippen LogP contribution is -2.32. The maximum atomic E-state index is 13.9. The molecule has 1 fully saturated rings. The summed E-state index contributed by atoms with van der Waals surface area (Å²) in [6.45, 7) is 1.03. The first-order valence-electron chi connectivity index (χ1n) is 12.1. The molecule has 1 aliphatic carbocycles. The van der Waals surface area contributed by atoms with Gasteiger partial charge in [0.2, 0.25) is 5.91 Å². The molecular weight excluding hydrogens is 498 g/mol. The van der Waals surface area contributed by atoms with Crippen molar-refractivity contribution in [2.75, 3.05) is 12.4 Å². The van der Waals surface area contributed by atoms with Crippen LogP contribution in [0.15, 0.2) is 72.8 Å². The molecule has 8 heteroatoms. The van der Waals surface area contributed by atoms with Crippen molar-refractivity contribution in [1.29, 1.82) is 0 Å². The number of carbonyl (C=O) groups is 2. The van der Waals surface area contributed by atoms with Gasteiger partial charge in [0.1, 0.15) is 6.10 Å². The molecule has 2 N–H and O–H groups in total. The number of halogens is 3. The topological polar surface area (TPSA) is 69.6 Å². The zero-order valence-electron chi connectivity index (χ0n) is 20.6. The zero-order valence-corrected chi connectivity index (χ0v) is 21.4. The summed E-state index contributed by atoms with van der Waals surface area (Å²) in [7, 11) is 1.80. The minimum Gasteiger partial charge on any atom is -0.387 e. The number of anilines is 1. The Morgan fingerprint density at radius 2 is 1.62 bits per heavy atom. The first kappa shape index (κ1) is 26.8. The Bertz CT molecular complexity index is 1240. The second kappa shape index (κ2) is 11.0. The summed E-state index contributed by atoms with van der Waals surface area (Å²) in [6, 6.07) is 19.6. The van der Waals surface area contributed by atoms with Gasteiger partial charge in [0, 0.05) is 28.9 Å². The fraction of sp³-hybridized carbons (Fsp3) is 0.310. The number of amides is 2. The summed E-state index contributed by atoms with van der Waals surface area (Å²) in [6.07, 6.45) is 0.324. The molecule has 1 saturated carbocycles. The number of nitrogens with one attached hydrogen (secondary N) is 1. The number of rotatable bonds is 9. The standard InChI is InChI=1S/C29H29ClF2N2O3/c1-18(35)29(31,32)23-11-3-19(4-12-23)17-26(36)33-25-15-9-22(10-16-25)28(37)34(2)27(20-5-6-20)21-7-13-24(30)14-8-21/h3-4,7-16,18,20,27,35H,5-6,17H2,1-2H3,(H,33,36). The van der Waals surface area contributed by atoms with Gasteiger partial charge in [-0.05, 0) is 73.2 Å². The Hall–Kier alpha value is -3.29. The van der Waals surface area contributed by atoms with Gasteiger partial charge in [0.15, 0.2) is 0 Å². The minimum atomic E-state index is -3.36. The number of carbonyl (C=O) groups excluding carboxylic acids is 2. The predicted octanol–water partition coefficient (Wildman–Crippen LogP) is 6.22. The predicted molar refractivity (Wildman–Crippen MR) is 140 cm³/mol. The Kier molecular flexibility index (Phi) is 7.95. The summed E-state index contributed by atoms with van der Waals surface area (Å²) < 4.78 is 27.9. The molecule has 0 bridgehead atoms. The number of nitrogens with zero attached hydrogens (tertiary/aromatic N) is 1. The number of hydrogen-bond acceptors (Lipinski definition) is 3. The summed E-state index contributed by atoms with van der Waals surface area (Å²) in [5.41, 5.74) is 2.34. The van der Waals surface area contributed by atoms with Crippen molar-refractivity contribution in [2.45, 2.75) is 44.3 Å². The van der Waals surface area contributed by atoms with E-state index >= 15 is 0 Å². The number of aliphatic hydroxyl groups is 1. The normalized spacial score (nSPS) is 15.1. The molecule has 2 amide bonds. The van der Waals surface area contributed by atoms with Crippen LogP contribution in [0, 0.1) is 5.92 Å². The Balaban J connectivity index is 1.37. The molecule has 5 nitrogen and oxygen atoms in total. The molecule has 3 aromatic rings. The molecule has 0 saturated heterocycles. The molecule has 3 aromatic carbocycles. The van der Waals surface area contributed by atoms with Gasteiger partial charge in [-0.1, -0.05) is 48.0 Å². The smallest absolute Gasteiger partial charge is 0.298 e. The highest BCUT2D eigenvalue weighted by molar-refractivity contribution is 6.30. The van der Waals surface area contributed by atoms with Gasteiger partial charge in [-0.15, -0.1) is 0 Å². The van der Waals surface area contributed by atoms with Crippen molar-refractivity contribution in [3.05, 3.63) is 100 Å². The maximum absolute atomic E-state index is 13.9. The highest BCUT2D eigenvalue weighted by Gasteiger charge is 2.38. The molecular formula is C29H29ClF2N2O3. The summed E-state index contributed by atoms with van der Waals surface area (Å²) >= 11 is 6.03. The van der Waals surface area contributed by atoms with E-state index in [1.807, 2.05) is 24.3 Å². The SMILES string of the molecule is CC(O)C(F)(F)c1ccc(CC(=O)Nc2ccc(C(=O)N(C)C(c3ccc(Cl)cc3)C3CC3)cc2)cc1. The zero-order chi connectivity index (χ0) is 26.7. The molecule has 2 unspecified atom stereocenters. The Labute approximate surface area is 220 Å². The number of aliphatic hydroxyl groups excluding tert-OH is 1. The summed E-state index contributed by atoms with van der Waals surface area (Å²) in [5.74, 6) is -3.37. The van der Waals surface area contributed by atoms with Crippen LogP contribution in [0.4, 0.5) is 14.5 Å². The molecule has 37 heavy (non-hydrogen) atoms. The van der Waals surface area contributed by atoms with E-state index in [1.165, 1.54) is 24.3 Å². The van der Waals surface area contributed by atoms with Gasteiger partial charge in [0.05, 0.1) is 12.5 Å². The third-order valence-corrected chi connectivity index (χ3v) is 6.91. The highest BCUT2D eigenvalue weighted by atomic mass is 35.5. The van der Waals surface area contributed by atoms with Crippen LogP contribution >= 0.6 is 11.6 Å². The van der Waals surface area contributed by atoms with Crippen LogP contribution in [0.25, 0.3) is 0 Å². The van der Waals surface area contributed by atoms with Crippen molar-refractivity contribution < 1.29 is 23.5 Å². The highest BCUT2D eigenvalue weighted by Crippen LogP contribution is 2.44. The van der Waals surface area contributed by atoms with Crippen LogP contribution in [0.3, 0.4) is 0 Å². The number of alkyl halides is 2. The fourth-order valence-corrected chi connectivity index (χ4v) is 4.51. The van der Waals surface area contributed by atoms with Gasteiger partial charge < -0.3 is 15.3 Å². The Morgan fingerprint density at radius 3 is 2.16 bits per heavy atom. The molecule has 4 rings (SSSR count). The monoisotopic (exact) mass is 526 g/mol. The molecule has 0 radical (unpaired) electrons. The van der Waals surface area contributed by atoms with Gasteiger partial charge >= 0.3 is 0 Å². The fourth-order valence-electron chi connectivity index (χ4n) is 4.39. The van der Waals surface area contributed by atoms with E-state index in [2.05, 4.69) is 5.32 Å². The van der Waals surface area contributed by atoms with Crippen LogP contribution in [0.5, 0.6) is 0 Å². The first-order chi connectivity index (χ1) is 17.6.